The van der Waals surface area contributed by atoms with Crippen LogP contribution in [-0.2, 0) is 32.4 Å². The van der Waals surface area contributed by atoms with Crippen LogP contribution in [0.4, 0.5) is 10.2 Å². The molecule has 0 spiro atoms. The first-order valence-electron chi connectivity index (χ1n) is 16.3. The van der Waals surface area contributed by atoms with E-state index in [4.69, 9.17) is 4.84 Å². The summed E-state index contributed by atoms with van der Waals surface area (Å²) in [6.07, 6.45) is 1.40. The standard InChI is InChI=1S/C34H40FN7O6S/c1-48-40-32(23-6-8-26(9-7-23)49(46,47)27-10-11-27)34(45)42-15-13-29(28(35)20-42)39-31-16-30(37-21-38-31)33(44)36-17-25(43)19-41-14-12-22-4-2-3-5-24(22)18-41/h2-9,16,21,25,27-29,43H,10-15,17-20H2,1H3,(H,36,44)(H,37,38,39). The van der Waals surface area contributed by atoms with Gasteiger partial charge in [0.25, 0.3) is 11.8 Å². The smallest absolute Gasteiger partial charge is 0.276 e. The fourth-order valence-electron chi connectivity index (χ4n) is 6.21. The van der Waals surface area contributed by atoms with E-state index >= 15 is 4.39 Å². The molecule has 2 aliphatic heterocycles. The minimum atomic E-state index is -3.39. The van der Waals surface area contributed by atoms with Crippen molar-refractivity contribution in [2.45, 2.75) is 60.7 Å². The van der Waals surface area contributed by atoms with Gasteiger partial charge in [-0.05, 0) is 48.9 Å². The first kappa shape index (κ1) is 34.4. The molecule has 1 aromatic heterocycles. The molecule has 1 saturated heterocycles. The van der Waals surface area contributed by atoms with Crippen molar-refractivity contribution in [1.29, 1.82) is 0 Å². The summed E-state index contributed by atoms with van der Waals surface area (Å²) in [6.45, 7) is 2.00. The van der Waals surface area contributed by atoms with Gasteiger partial charge in [-0.25, -0.2) is 22.8 Å². The van der Waals surface area contributed by atoms with E-state index in [1.165, 1.54) is 59.8 Å². The molecule has 3 aromatic rings. The Morgan fingerprint density at radius 2 is 1.84 bits per heavy atom. The number of β-amino-alcohol motifs (C(OH)–C–C–N with tert-alkyl or cyclic N) is 1. The van der Waals surface area contributed by atoms with Crippen LogP contribution in [0.25, 0.3) is 0 Å². The lowest BCUT2D eigenvalue weighted by Gasteiger charge is -2.35. The monoisotopic (exact) mass is 693 g/mol. The van der Waals surface area contributed by atoms with Crippen LogP contribution in [0.15, 0.2) is 71.0 Å². The van der Waals surface area contributed by atoms with Gasteiger partial charge in [0.1, 0.15) is 31.1 Å². The molecule has 3 heterocycles. The van der Waals surface area contributed by atoms with Crippen LogP contribution in [0.2, 0.25) is 0 Å². The zero-order valence-corrected chi connectivity index (χ0v) is 28.0. The number of piperidine rings is 1. The zero-order chi connectivity index (χ0) is 34.5. The topological polar surface area (TPSA) is 166 Å². The molecule has 1 saturated carbocycles. The zero-order valence-electron chi connectivity index (χ0n) is 27.2. The number of aliphatic hydroxyl groups excluding tert-OH is 1. The van der Waals surface area contributed by atoms with Crippen molar-refractivity contribution >= 4 is 33.2 Å². The molecule has 49 heavy (non-hydrogen) atoms. The Hall–Kier alpha value is -4.47. The number of nitrogens with zero attached hydrogens (tertiary/aromatic N) is 5. The van der Waals surface area contributed by atoms with Gasteiger partial charge in [0.15, 0.2) is 15.5 Å². The second kappa shape index (κ2) is 15.0. The number of hydrogen-bond donors (Lipinski definition) is 3. The summed E-state index contributed by atoms with van der Waals surface area (Å²) in [6, 6.07) is 14.9. The molecule has 3 atom stereocenters. The minimum Gasteiger partial charge on any atom is -0.398 e. The summed E-state index contributed by atoms with van der Waals surface area (Å²) >= 11 is 0. The highest BCUT2D eigenvalue weighted by Crippen LogP contribution is 2.33. The number of anilines is 1. The van der Waals surface area contributed by atoms with Gasteiger partial charge in [-0.3, -0.25) is 14.5 Å². The maximum Gasteiger partial charge on any atom is 0.276 e. The number of oxime groups is 1. The number of amides is 2. The van der Waals surface area contributed by atoms with Gasteiger partial charge >= 0.3 is 0 Å². The van der Waals surface area contributed by atoms with Crippen LogP contribution >= 0.6 is 0 Å². The van der Waals surface area contributed by atoms with Crippen molar-refractivity contribution in [3.63, 3.8) is 0 Å². The molecule has 3 N–H and O–H groups in total. The molecule has 0 radical (unpaired) electrons. The van der Waals surface area contributed by atoms with E-state index in [0.717, 1.165) is 19.5 Å². The van der Waals surface area contributed by atoms with Gasteiger partial charge in [-0.15, -0.1) is 0 Å². The number of halogens is 1. The number of sulfone groups is 1. The molecule has 0 bridgehead atoms. The molecule has 3 unspecified atom stereocenters. The van der Waals surface area contributed by atoms with Crippen molar-refractivity contribution in [2.75, 3.05) is 45.2 Å². The molecule has 3 aliphatic rings. The second-order valence-electron chi connectivity index (χ2n) is 12.6. The number of alkyl halides is 1. The molecule has 13 nitrogen and oxygen atoms in total. The van der Waals surface area contributed by atoms with Crippen LogP contribution in [0.5, 0.6) is 0 Å². The van der Waals surface area contributed by atoms with E-state index in [2.05, 4.69) is 42.8 Å². The van der Waals surface area contributed by atoms with Gasteiger partial charge in [-0.1, -0.05) is 41.6 Å². The Labute approximate surface area is 284 Å². The summed E-state index contributed by atoms with van der Waals surface area (Å²) in [4.78, 5) is 43.0. The highest BCUT2D eigenvalue weighted by Gasteiger charge is 2.37. The van der Waals surface area contributed by atoms with Crippen LogP contribution in [-0.4, -0.2) is 114 Å². The lowest BCUT2D eigenvalue weighted by Crippen LogP contribution is -2.51. The average molecular weight is 694 g/mol. The van der Waals surface area contributed by atoms with E-state index in [1.807, 2.05) is 12.1 Å². The van der Waals surface area contributed by atoms with Crippen LogP contribution in [0, 0.1) is 0 Å². The number of carbonyl (C=O) groups excluding carboxylic acids is 2. The van der Waals surface area contributed by atoms with Gasteiger partial charge in [0.05, 0.1) is 28.8 Å². The number of rotatable bonds is 12. The maximum atomic E-state index is 15.5. The number of benzene rings is 2. The van der Waals surface area contributed by atoms with E-state index in [1.54, 1.807) is 0 Å². The number of aliphatic hydroxyl groups is 1. The number of fused-ring (bicyclic) bond motifs is 1. The first-order chi connectivity index (χ1) is 23.6. The van der Waals surface area contributed by atoms with Gasteiger partial charge < -0.3 is 25.5 Å². The lowest BCUT2D eigenvalue weighted by atomic mass is 10.00. The summed E-state index contributed by atoms with van der Waals surface area (Å²) in [5.74, 6) is -0.786. The third-order valence-electron chi connectivity index (χ3n) is 9.04. The largest absolute Gasteiger partial charge is 0.398 e. The van der Waals surface area contributed by atoms with Gasteiger partial charge in [0.2, 0.25) is 0 Å². The Morgan fingerprint density at radius 1 is 1.08 bits per heavy atom. The van der Waals surface area contributed by atoms with Crippen LogP contribution in [0.1, 0.15) is 46.4 Å². The number of carbonyl (C=O) groups is 2. The highest BCUT2D eigenvalue weighted by molar-refractivity contribution is 7.92. The molecule has 6 rings (SSSR count). The van der Waals surface area contributed by atoms with Crippen molar-refractivity contribution in [3.8, 4) is 0 Å². The quantitative estimate of drug-likeness (QED) is 0.189. The molecule has 2 amide bonds. The predicted octanol–water partition coefficient (Wildman–Crippen LogP) is 1.96. The summed E-state index contributed by atoms with van der Waals surface area (Å²) in [7, 11) is -2.10. The van der Waals surface area contributed by atoms with E-state index in [9.17, 15) is 23.1 Å². The third kappa shape index (κ3) is 8.23. The molecular formula is C34H40FN7O6S. The Morgan fingerprint density at radius 3 is 2.55 bits per heavy atom. The highest BCUT2D eigenvalue weighted by atomic mass is 32.2. The Balaban J connectivity index is 0.997. The second-order valence-corrected chi connectivity index (χ2v) is 14.8. The fourth-order valence-corrected chi connectivity index (χ4v) is 7.86. The number of hydrogen-bond acceptors (Lipinski definition) is 11. The molecule has 1 aliphatic carbocycles. The number of nitrogens with one attached hydrogen (secondary N) is 2. The van der Waals surface area contributed by atoms with Gasteiger partial charge in [0, 0.05) is 44.4 Å². The third-order valence-corrected chi connectivity index (χ3v) is 11.3. The molecule has 2 aromatic carbocycles. The lowest BCUT2D eigenvalue weighted by molar-refractivity contribution is -0.126. The first-order valence-corrected chi connectivity index (χ1v) is 17.9. The van der Waals surface area contributed by atoms with Crippen molar-refractivity contribution in [2.24, 2.45) is 5.16 Å². The average Bonchev–Trinajstić information content (AvgIpc) is 3.97. The fraction of sp³-hybridized carbons (Fsp3) is 0.441. The normalized spacial score (nSPS) is 20.6. The molecule has 2 fully saturated rings. The Kier molecular flexibility index (Phi) is 10.5. The van der Waals surface area contributed by atoms with Crippen LogP contribution in [0.3, 0.4) is 0 Å². The van der Waals surface area contributed by atoms with Crippen molar-refractivity contribution < 1.29 is 32.3 Å². The van der Waals surface area contributed by atoms with E-state index in [0.29, 0.717) is 24.9 Å². The predicted molar refractivity (Wildman–Crippen MR) is 179 cm³/mol. The Bertz CT molecular complexity index is 1800. The molecular weight excluding hydrogens is 653 g/mol. The SMILES string of the molecule is CON=C(C(=O)N1CCC(Nc2cc(C(=O)NCC(O)CN3CCc4ccccc4C3)ncn2)C(F)C1)c1ccc(S(=O)(=O)C2CC2)cc1. The summed E-state index contributed by atoms with van der Waals surface area (Å²) < 4.78 is 40.6. The van der Waals surface area contributed by atoms with E-state index < -0.39 is 40.0 Å². The molecule has 15 heteroatoms. The summed E-state index contributed by atoms with van der Waals surface area (Å²) in [5.41, 5.74) is 2.93. The van der Waals surface area contributed by atoms with Crippen molar-refractivity contribution in [1.82, 2.24) is 25.1 Å². The summed E-state index contributed by atoms with van der Waals surface area (Å²) in [5, 5.41) is 19.8. The molecule has 260 valence electrons. The van der Waals surface area contributed by atoms with E-state index in [-0.39, 0.29) is 53.4 Å². The maximum absolute atomic E-state index is 15.5. The number of aromatic nitrogens is 2. The number of likely N-dealkylation sites (tertiary alicyclic amines) is 1. The van der Waals surface area contributed by atoms with Crippen molar-refractivity contribution in [3.05, 3.63) is 83.3 Å². The minimum absolute atomic E-state index is 0.0425. The van der Waals surface area contributed by atoms with Crippen LogP contribution < -0.4 is 10.6 Å². The van der Waals surface area contributed by atoms with Gasteiger partial charge in [-0.2, -0.15) is 0 Å².